The van der Waals surface area contributed by atoms with Crippen LogP contribution in [0.25, 0.3) is 105 Å². The maximum absolute atomic E-state index is 10.0. The predicted octanol–water partition coefficient (Wildman–Crippen LogP) is 12.4. The summed E-state index contributed by atoms with van der Waals surface area (Å²) in [7, 11) is 0. The molecular weight excluding hydrogens is 671 g/mol. The van der Waals surface area contributed by atoms with Crippen LogP contribution in [0.3, 0.4) is 0 Å². The second-order valence-corrected chi connectivity index (χ2v) is 13.9. The summed E-state index contributed by atoms with van der Waals surface area (Å²) in [5, 5.41) is 19.5. The molecular formula is C50H29N5. The Hall–Kier alpha value is -7.68. The lowest BCUT2D eigenvalue weighted by Crippen LogP contribution is -2.02. The van der Waals surface area contributed by atoms with Gasteiger partial charge in [-0.2, -0.15) is 5.26 Å². The molecule has 0 spiro atoms. The molecule has 0 atom stereocenters. The minimum atomic E-state index is 0.578. The maximum atomic E-state index is 10.0. The highest BCUT2D eigenvalue weighted by atomic mass is 15.0. The molecule has 0 aliphatic rings. The first-order chi connectivity index (χ1) is 27.2. The molecule has 254 valence electrons. The summed E-state index contributed by atoms with van der Waals surface area (Å²) in [5.41, 5.74) is 8.52. The van der Waals surface area contributed by atoms with Gasteiger partial charge in [-0.15, -0.1) is 0 Å². The van der Waals surface area contributed by atoms with Crippen molar-refractivity contribution in [2.45, 2.75) is 0 Å². The Balaban J connectivity index is 1.24. The highest BCUT2D eigenvalue weighted by Crippen LogP contribution is 2.47. The van der Waals surface area contributed by atoms with Crippen molar-refractivity contribution in [3.05, 3.63) is 181 Å². The first kappa shape index (κ1) is 30.9. The number of nitrogens with zero attached hydrogens (tertiary/aromatic N) is 5. The van der Waals surface area contributed by atoms with Crippen molar-refractivity contribution < 1.29 is 0 Å². The Morgan fingerprint density at radius 1 is 0.418 bits per heavy atom. The minimum Gasteiger partial charge on any atom is -0.308 e. The topological polar surface area (TPSA) is 67.4 Å². The fourth-order valence-corrected chi connectivity index (χ4v) is 8.27. The third-order valence-corrected chi connectivity index (χ3v) is 10.8. The minimum absolute atomic E-state index is 0.578. The zero-order valence-electron chi connectivity index (χ0n) is 29.5. The number of rotatable bonds is 5. The highest BCUT2D eigenvalue weighted by Gasteiger charge is 2.25. The zero-order valence-corrected chi connectivity index (χ0v) is 29.5. The molecule has 55 heavy (non-hydrogen) atoms. The molecule has 5 heteroatoms. The zero-order chi connectivity index (χ0) is 36.5. The van der Waals surface area contributed by atoms with Gasteiger partial charge in [-0.05, 0) is 85.9 Å². The van der Waals surface area contributed by atoms with Crippen LogP contribution in [0.1, 0.15) is 5.56 Å². The van der Waals surface area contributed by atoms with E-state index in [0.29, 0.717) is 23.0 Å². The number of benzene rings is 9. The Morgan fingerprint density at radius 3 is 1.67 bits per heavy atom. The van der Waals surface area contributed by atoms with Crippen molar-refractivity contribution in [2.24, 2.45) is 0 Å². The SMILES string of the molecule is N#Cc1cccc(-n2c3cccc4c5cc6ccccc6cc5c5ccc(-c6nc(-c7ccccc7)nc(-c7ccc(-c8ccccc8)cc7)n6)c2c5c43)c1. The summed E-state index contributed by atoms with van der Waals surface area (Å²) in [5.74, 6) is 1.78. The Kier molecular flexibility index (Phi) is 6.85. The highest BCUT2D eigenvalue weighted by molar-refractivity contribution is 6.36. The van der Waals surface area contributed by atoms with E-state index < -0.39 is 0 Å². The molecule has 0 bridgehead atoms. The molecule has 0 saturated heterocycles. The van der Waals surface area contributed by atoms with Gasteiger partial charge in [-0.25, -0.2) is 15.0 Å². The number of hydrogen-bond acceptors (Lipinski definition) is 4. The van der Waals surface area contributed by atoms with E-state index in [1.807, 2.05) is 54.6 Å². The van der Waals surface area contributed by atoms with Gasteiger partial charge in [-0.3, -0.25) is 0 Å². The molecule has 0 amide bonds. The van der Waals surface area contributed by atoms with Crippen molar-refractivity contribution in [1.29, 1.82) is 5.26 Å². The van der Waals surface area contributed by atoms with Crippen LogP contribution in [0.4, 0.5) is 0 Å². The fraction of sp³-hybridized carbons (Fsp3) is 0. The van der Waals surface area contributed by atoms with E-state index in [9.17, 15) is 5.26 Å². The quantitative estimate of drug-likeness (QED) is 0.132. The maximum Gasteiger partial charge on any atom is 0.166 e. The van der Waals surface area contributed by atoms with E-state index in [1.165, 1.54) is 32.3 Å². The van der Waals surface area contributed by atoms with Crippen LogP contribution < -0.4 is 0 Å². The molecule has 2 heterocycles. The molecule has 0 saturated carbocycles. The second-order valence-electron chi connectivity index (χ2n) is 13.9. The van der Waals surface area contributed by atoms with E-state index in [1.54, 1.807) is 0 Å². The lowest BCUT2D eigenvalue weighted by atomic mass is 9.91. The molecule has 0 N–H and O–H groups in total. The molecule has 11 rings (SSSR count). The van der Waals surface area contributed by atoms with Crippen LogP contribution >= 0.6 is 0 Å². The number of hydrogen-bond donors (Lipinski definition) is 0. The largest absolute Gasteiger partial charge is 0.308 e. The number of aromatic nitrogens is 4. The van der Waals surface area contributed by atoms with E-state index in [-0.39, 0.29) is 0 Å². The van der Waals surface area contributed by atoms with Crippen molar-refractivity contribution in [1.82, 2.24) is 19.5 Å². The molecule has 11 aromatic rings. The van der Waals surface area contributed by atoms with Gasteiger partial charge in [0.2, 0.25) is 0 Å². The third kappa shape index (κ3) is 4.90. The molecule has 0 aliphatic carbocycles. The van der Waals surface area contributed by atoms with Gasteiger partial charge < -0.3 is 4.57 Å². The first-order valence-electron chi connectivity index (χ1n) is 18.3. The van der Waals surface area contributed by atoms with Gasteiger partial charge in [0.1, 0.15) is 0 Å². The normalized spacial score (nSPS) is 11.6. The smallest absolute Gasteiger partial charge is 0.166 e. The van der Waals surface area contributed by atoms with E-state index in [4.69, 9.17) is 15.0 Å². The average molecular weight is 700 g/mol. The molecule has 0 unspecified atom stereocenters. The van der Waals surface area contributed by atoms with Crippen molar-refractivity contribution in [2.75, 3.05) is 0 Å². The van der Waals surface area contributed by atoms with Gasteiger partial charge in [-0.1, -0.05) is 133 Å². The van der Waals surface area contributed by atoms with Crippen molar-refractivity contribution in [3.63, 3.8) is 0 Å². The molecule has 5 nitrogen and oxygen atoms in total. The van der Waals surface area contributed by atoms with Gasteiger partial charge in [0, 0.05) is 33.2 Å². The average Bonchev–Trinajstić information content (AvgIpc) is 3.62. The lowest BCUT2D eigenvalue weighted by Gasteiger charge is -2.14. The Bertz CT molecular complexity index is 3300. The first-order valence-corrected chi connectivity index (χ1v) is 18.3. The monoisotopic (exact) mass is 699 g/mol. The van der Waals surface area contributed by atoms with Crippen molar-refractivity contribution in [3.8, 4) is 57.0 Å². The number of nitriles is 1. The van der Waals surface area contributed by atoms with Gasteiger partial charge in [0.15, 0.2) is 17.5 Å². The van der Waals surface area contributed by atoms with Gasteiger partial charge in [0.05, 0.1) is 22.7 Å². The third-order valence-electron chi connectivity index (χ3n) is 10.8. The van der Waals surface area contributed by atoms with Crippen LogP contribution in [-0.4, -0.2) is 19.5 Å². The van der Waals surface area contributed by atoms with Crippen LogP contribution in [0.2, 0.25) is 0 Å². The Morgan fingerprint density at radius 2 is 0.982 bits per heavy atom. The standard InChI is InChI=1S/C50H29N5/c51-30-31-11-9-18-38(27-31)55-44-20-10-19-39-42-28-36-16-7-8-17-37(36)29-43(42)40-25-26-41(47(55)46(40)45(39)44)50-53-48(34-14-5-2-6-15-34)52-49(54-50)35-23-21-33(22-24-35)32-12-3-1-4-13-32/h1-29H. The summed E-state index contributed by atoms with van der Waals surface area (Å²) in [6, 6.07) is 63.2. The summed E-state index contributed by atoms with van der Waals surface area (Å²) in [6.07, 6.45) is 0. The van der Waals surface area contributed by atoms with Crippen LogP contribution in [0.5, 0.6) is 0 Å². The molecule has 0 radical (unpaired) electrons. The Labute approximate surface area is 316 Å². The fourth-order valence-electron chi connectivity index (χ4n) is 8.27. The van der Waals surface area contributed by atoms with E-state index >= 15 is 0 Å². The molecule has 0 aliphatic heterocycles. The molecule has 2 aromatic heterocycles. The summed E-state index contributed by atoms with van der Waals surface area (Å²) < 4.78 is 2.29. The lowest BCUT2D eigenvalue weighted by molar-refractivity contribution is 1.07. The molecule has 0 fully saturated rings. The van der Waals surface area contributed by atoms with Gasteiger partial charge in [0.25, 0.3) is 0 Å². The van der Waals surface area contributed by atoms with Gasteiger partial charge >= 0.3 is 0 Å². The van der Waals surface area contributed by atoms with Crippen LogP contribution in [0.15, 0.2) is 176 Å². The summed E-state index contributed by atoms with van der Waals surface area (Å²) in [6.45, 7) is 0. The second kappa shape index (κ2) is 12.2. The summed E-state index contributed by atoms with van der Waals surface area (Å²) in [4.78, 5) is 15.5. The van der Waals surface area contributed by atoms with Crippen LogP contribution in [-0.2, 0) is 0 Å². The van der Waals surface area contributed by atoms with E-state index in [2.05, 4.69) is 132 Å². The van der Waals surface area contributed by atoms with E-state index in [0.717, 1.165) is 55.3 Å². The molecule has 9 aromatic carbocycles. The number of fused-ring (bicyclic) bond motifs is 4. The summed E-state index contributed by atoms with van der Waals surface area (Å²) >= 11 is 0. The van der Waals surface area contributed by atoms with Crippen LogP contribution in [0, 0.1) is 11.3 Å². The van der Waals surface area contributed by atoms with Crippen molar-refractivity contribution >= 4 is 54.1 Å². The predicted molar refractivity (Wildman–Crippen MR) is 224 cm³/mol.